The number of rotatable bonds is 5. The van der Waals surface area contributed by atoms with Gasteiger partial charge in [0.05, 0.1) is 6.61 Å². The van der Waals surface area contributed by atoms with Crippen LogP contribution in [-0.4, -0.2) is 77.6 Å². The van der Waals surface area contributed by atoms with E-state index in [4.69, 9.17) is 4.74 Å². The van der Waals surface area contributed by atoms with Crippen LogP contribution >= 0.6 is 0 Å². The Morgan fingerprint density at radius 1 is 1.04 bits per heavy atom. The van der Waals surface area contributed by atoms with Crippen molar-refractivity contribution in [1.29, 1.82) is 0 Å². The van der Waals surface area contributed by atoms with Crippen LogP contribution in [0.15, 0.2) is 0 Å². The molecule has 0 aromatic carbocycles. The molecule has 0 aromatic heterocycles. The van der Waals surface area contributed by atoms with Gasteiger partial charge in [0.25, 0.3) is 0 Å². The van der Waals surface area contributed by atoms with Gasteiger partial charge in [-0.2, -0.15) is 0 Å². The van der Waals surface area contributed by atoms with E-state index in [9.17, 15) is 9.59 Å². The van der Waals surface area contributed by atoms with Gasteiger partial charge in [0.15, 0.2) is 0 Å². The molecule has 4 fully saturated rings. The molecule has 152 valence electrons. The van der Waals surface area contributed by atoms with Gasteiger partial charge in [0.2, 0.25) is 5.91 Å². The highest BCUT2D eigenvalue weighted by Gasteiger charge is 2.51. The number of ether oxygens (including phenoxy) is 1. The molecule has 4 aliphatic rings. The Labute approximate surface area is 163 Å². The Kier molecular flexibility index (Phi) is 5.36. The van der Waals surface area contributed by atoms with Crippen LogP contribution in [0.1, 0.15) is 65.2 Å². The quantitative estimate of drug-likeness (QED) is 0.739. The van der Waals surface area contributed by atoms with Crippen LogP contribution in [0.5, 0.6) is 0 Å². The molecule has 0 N–H and O–H groups in total. The highest BCUT2D eigenvalue weighted by Crippen LogP contribution is 2.50. The van der Waals surface area contributed by atoms with Gasteiger partial charge in [-0.05, 0) is 57.3 Å². The van der Waals surface area contributed by atoms with Crippen LogP contribution < -0.4 is 0 Å². The number of hydrogen-bond donors (Lipinski definition) is 0. The second-order valence-electron chi connectivity index (χ2n) is 9.09. The van der Waals surface area contributed by atoms with Gasteiger partial charge in [-0.15, -0.1) is 0 Å². The molecule has 27 heavy (non-hydrogen) atoms. The number of likely N-dealkylation sites (tertiary alicyclic amines) is 2. The molecule has 0 atom stereocenters. The van der Waals surface area contributed by atoms with Gasteiger partial charge >= 0.3 is 6.09 Å². The Balaban J connectivity index is 1.24. The van der Waals surface area contributed by atoms with Crippen LogP contribution in [-0.2, 0) is 9.53 Å². The second-order valence-corrected chi connectivity index (χ2v) is 9.09. The first-order valence-electron chi connectivity index (χ1n) is 11.0. The minimum atomic E-state index is -0.139. The van der Waals surface area contributed by atoms with Gasteiger partial charge in [-0.1, -0.05) is 6.92 Å². The zero-order valence-electron chi connectivity index (χ0n) is 17.0. The lowest BCUT2D eigenvalue weighted by atomic mass is 9.64. The first-order valence-corrected chi connectivity index (χ1v) is 11.0. The first-order chi connectivity index (χ1) is 13.0. The summed E-state index contributed by atoms with van der Waals surface area (Å²) in [5.74, 6) is 0.351. The van der Waals surface area contributed by atoms with Crippen LogP contribution in [0.3, 0.4) is 0 Å². The third-order valence-corrected chi connectivity index (χ3v) is 7.24. The first kappa shape index (κ1) is 19.0. The van der Waals surface area contributed by atoms with Crippen molar-refractivity contribution in [2.24, 2.45) is 5.41 Å². The largest absolute Gasteiger partial charge is 0.450 e. The van der Waals surface area contributed by atoms with Gasteiger partial charge < -0.3 is 19.4 Å². The Morgan fingerprint density at radius 3 is 2.30 bits per heavy atom. The van der Waals surface area contributed by atoms with Crippen LogP contribution in [0.2, 0.25) is 0 Å². The molecule has 1 spiro atoms. The lowest BCUT2D eigenvalue weighted by Crippen LogP contribution is -2.56. The van der Waals surface area contributed by atoms with Crippen molar-refractivity contribution in [2.75, 3.05) is 32.8 Å². The van der Waals surface area contributed by atoms with Crippen LogP contribution in [0, 0.1) is 5.41 Å². The summed E-state index contributed by atoms with van der Waals surface area (Å²) in [4.78, 5) is 31.1. The minimum Gasteiger partial charge on any atom is -0.450 e. The molecule has 0 unspecified atom stereocenters. The van der Waals surface area contributed by atoms with Crippen molar-refractivity contribution in [1.82, 2.24) is 14.7 Å². The van der Waals surface area contributed by atoms with Gasteiger partial charge in [0, 0.05) is 50.7 Å². The van der Waals surface area contributed by atoms with Gasteiger partial charge in [0.1, 0.15) is 0 Å². The summed E-state index contributed by atoms with van der Waals surface area (Å²) in [6.45, 7) is 8.27. The summed E-state index contributed by atoms with van der Waals surface area (Å²) < 4.78 is 5.16. The molecule has 0 bridgehead atoms. The highest BCUT2D eigenvalue weighted by molar-refractivity contribution is 5.77. The van der Waals surface area contributed by atoms with E-state index in [1.165, 1.54) is 25.7 Å². The molecule has 2 aliphatic carbocycles. The van der Waals surface area contributed by atoms with Crippen LogP contribution in [0.4, 0.5) is 4.79 Å². The molecule has 2 aliphatic heterocycles. The fourth-order valence-electron chi connectivity index (χ4n) is 5.61. The van der Waals surface area contributed by atoms with E-state index >= 15 is 0 Å². The van der Waals surface area contributed by atoms with E-state index in [1.807, 2.05) is 18.7 Å². The fraction of sp³-hybridized carbons (Fsp3) is 0.905. The predicted octanol–water partition coefficient (Wildman–Crippen LogP) is 2.86. The maximum atomic E-state index is 12.3. The lowest BCUT2D eigenvalue weighted by Gasteiger charge is -2.52. The number of carbonyl (C=O) groups excluding carboxylic acids is 2. The van der Waals surface area contributed by atoms with E-state index in [0.29, 0.717) is 42.5 Å². The Morgan fingerprint density at radius 2 is 1.70 bits per heavy atom. The van der Waals surface area contributed by atoms with E-state index < -0.39 is 0 Å². The van der Waals surface area contributed by atoms with Gasteiger partial charge in [-0.25, -0.2) is 4.79 Å². The van der Waals surface area contributed by atoms with Crippen molar-refractivity contribution in [3.63, 3.8) is 0 Å². The summed E-state index contributed by atoms with van der Waals surface area (Å²) >= 11 is 0. The average molecular weight is 378 g/mol. The van der Waals surface area contributed by atoms with Crippen molar-refractivity contribution >= 4 is 12.0 Å². The number of carbonyl (C=O) groups is 2. The molecule has 2 saturated carbocycles. The normalized spacial score (nSPS) is 31.8. The van der Waals surface area contributed by atoms with Gasteiger partial charge in [-0.3, -0.25) is 4.79 Å². The topological polar surface area (TPSA) is 53.1 Å². The van der Waals surface area contributed by atoms with E-state index in [0.717, 1.165) is 45.4 Å². The maximum Gasteiger partial charge on any atom is 0.409 e. The molecule has 0 aromatic rings. The number of piperidine rings is 1. The molecule has 4 rings (SSSR count). The predicted molar refractivity (Wildman–Crippen MR) is 103 cm³/mol. The molecule has 2 heterocycles. The summed E-state index contributed by atoms with van der Waals surface area (Å²) in [5, 5.41) is 0. The Bertz CT molecular complexity index is 563. The SMILES string of the molecule is CCOC(=O)N1CCC2(CC(N3CCC(N(C(=O)CC)C4CC4)CC3)C2)C1. The molecule has 2 saturated heterocycles. The monoisotopic (exact) mass is 377 g/mol. The smallest absolute Gasteiger partial charge is 0.409 e. The maximum absolute atomic E-state index is 12.3. The van der Waals surface area contributed by atoms with E-state index in [2.05, 4.69) is 9.80 Å². The van der Waals surface area contributed by atoms with Crippen molar-refractivity contribution in [3.8, 4) is 0 Å². The second kappa shape index (κ2) is 7.61. The van der Waals surface area contributed by atoms with E-state index in [-0.39, 0.29) is 6.09 Å². The number of nitrogens with zero attached hydrogens (tertiary/aromatic N) is 3. The number of amides is 2. The molecule has 0 radical (unpaired) electrons. The lowest BCUT2D eigenvalue weighted by molar-refractivity contribution is -0.135. The molecule has 6 heteroatoms. The highest BCUT2D eigenvalue weighted by atomic mass is 16.6. The molecule has 6 nitrogen and oxygen atoms in total. The summed E-state index contributed by atoms with van der Waals surface area (Å²) in [6, 6.07) is 1.67. The summed E-state index contributed by atoms with van der Waals surface area (Å²) in [7, 11) is 0. The third-order valence-electron chi connectivity index (χ3n) is 7.24. The molecular weight excluding hydrogens is 342 g/mol. The standard InChI is InChI=1S/C21H35N3O3/c1-3-19(25)24(16-5-6-16)17-7-10-22(11-8-17)18-13-21(14-18)9-12-23(15-21)20(26)27-4-2/h16-18H,3-15H2,1-2H3. The fourth-order valence-corrected chi connectivity index (χ4v) is 5.61. The van der Waals surface area contributed by atoms with E-state index in [1.54, 1.807) is 0 Å². The van der Waals surface area contributed by atoms with Crippen molar-refractivity contribution in [2.45, 2.75) is 83.3 Å². The van der Waals surface area contributed by atoms with Crippen molar-refractivity contribution < 1.29 is 14.3 Å². The van der Waals surface area contributed by atoms with Crippen molar-refractivity contribution in [3.05, 3.63) is 0 Å². The average Bonchev–Trinajstić information content (AvgIpc) is 3.37. The van der Waals surface area contributed by atoms with Crippen LogP contribution in [0.25, 0.3) is 0 Å². The zero-order chi connectivity index (χ0) is 19.0. The third kappa shape index (κ3) is 3.82. The number of hydrogen-bond acceptors (Lipinski definition) is 4. The zero-order valence-corrected chi connectivity index (χ0v) is 17.0. The summed E-state index contributed by atoms with van der Waals surface area (Å²) in [6.07, 6.45) is 8.71. The molecule has 2 amide bonds. The molecular formula is C21H35N3O3. The Hall–Kier alpha value is -1.30. The summed E-state index contributed by atoms with van der Waals surface area (Å²) in [5.41, 5.74) is 0.340. The minimum absolute atomic E-state index is 0.139.